The van der Waals surface area contributed by atoms with Crippen molar-refractivity contribution in [2.24, 2.45) is 0 Å². The van der Waals surface area contributed by atoms with Crippen LogP contribution in [0.2, 0.25) is 10.3 Å². The molecule has 3 unspecified atom stereocenters. The first kappa shape index (κ1) is 79.3. The summed E-state index contributed by atoms with van der Waals surface area (Å²) in [5.41, 5.74) is 6.97. The molecular formula is C81H108Cl2N16O4. The van der Waals surface area contributed by atoms with Crippen molar-refractivity contribution >= 4 is 29.3 Å². The lowest BCUT2D eigenvalue weighted by atomic mass is 9.85. The largest absolute Gasteiger partial charge is 0.490 e. The van der Waals surface area contributed by atoms with Gasteiger partial charge in [0.05, 0.1) is 30.3 Å². The predicted molar refractivity (Wildman–Crippen MR) is 413 cm³/mol. The van der Waals surface area contributed by atoms with Gasteiger partial charge in [0.2, 0.25) is 0 Å². The molecule has 0 spiro atoms. The van der Waals surface area contributed by atoms with Crippen LogP contribution in [0, 0.1) is 19.3 Å². The van der Waals surface area contributed by atoms with Gasteiger partial charge in [0.25, 0.3) is 0 Å². The summed E-state index contributed by atoms with van der Waals surface area (Å²) < 4.78 is 21.8. The van der Waals surface area contributed by atoms with E-state index in [2.05, 4.69) is 145 Å². The highest BCUT2D eigenvalue weighted by atomic mass is 35.5. The number of pyridine rings is 7. The lowest BCUT2D eigenvalue weighted by molar-refractivity contribution is 0.198. The minimum Gasteiger partial charge on any atom is -0.490 e. The number of nitrogens with zero attached hydrogens (tertiary/aromatic N) is 12. The van der Waals surface area contributed by atoms with Crippen LogP contribution in [-0.4, -0.2) is 191 Å². The molecule has 103 heavy (non-hydrogen) atoms. The summed E-state index contributed by atoms with van der Waals surface area (Å²) in [5, 5.41) is 18.2. The van der Waals surface area contributed by atoms with E-state index in [1.807, 2.05) is 106 Å². The molecule has 2 bridgehead atoms. The van der Waals surface area contributed by atoms with Gasteiger partial charge in [0, 0.05) is 116 Å². The zero-order valence-corrected chi connectivity index (χ0v) is 62.7. The number of halogens is 2. The first-order chi connectivity index (χ1) is 50.4. The first-order valence-corrected chi connectivity index (χ1v) is 37.5. The molecule has 0 aromatic carbocycles. The average Bonchev–Trinajstić information content (AvgIpc) is 1.66. The van der Waals surface area contributed by atoms with Crippen molar-refractivity contribution in [2.45, 2.75) is 151 Å². The van der Waals surface area contributed by atoms with Crippen LogP contribution in [0.3, 0.4) is 0 Å². The van der Waals surface area contributed by atoms with Gasteiger partial charge in [0.1, 0.15) is 47.4 Å². The molecule has 8 aromatic heterocycles. The Hall–Kier alpha value is -7.78. The molecule has 16 rings (SSSR count). The van der Waals surface area contributed by atoms with E-state index in [1.54, 1.807) is 49.4 Å². The lowest BCUT2D eigenvalue weighted by Gasteiger charge is -2.27. The number of hydrogen-bond acceptors (Lipinski definition) is 20. The molecule has 0 radical (unpaired) electrons. The highest BCUT2D eigenvalue weighted by molar-refractivity contribution is 6.29. The van der Waals surface area contributed by atoms with E-state index < -0.39 is 0 Å². The molecule has 8 aliphatic heterocycles. The Balaban J connectivity index is 0.000000137. The number of likely N-dealkylation sites (N-methyl/N-ethyl adjacent to an activating group) is 1. The zero-order chi connectivity index (χ0) is 72.2. The normalized spacial score (nSPS) is 23.0. The molecule has 9 atom stereocenters. The number of ether oxygens (including phenoxy) is 3. The fourth-order valence-electron chi connectivity index (χ4n) is 13.6. The second kappa shape index (κ2) is 44.1. The summed E-state index contributed by atoms with van der Waals surface area (Å²) in [5.74, 6) is 6.81. The van der Waals surface area contributed by atoms with Crippen LogP contribution in [0.4, 0.5) is 0 Å². The van der Waals surface area contributed by atoms with Crippen molar-refractivity contribution in [2.75, 3.05) is 101 Å². The van der Waals surface area contributed by atoms with E-state index >= 15 is 0 Å². The molecule has 8 aromatic rings. The number of aromatic nitrogens is 8. The Morgan fingerprint density at radius 2 is 1.14 bits per heavy atom. The highest BCUT2D eigenvalue weighted by Crippen LogP contribution is 2.40. The number of nitrogens with one attached hydrogen (secondary N) is 4. The van der Waals surface area contributed by atoms with Gasteiger partial charge in [-0.1, -0.05) is 64.6 Å². The number of fused-ring (bicyclic) bond motifs is 2. The lowest BCUT2D eigenvalue weighted by Crippen LogP contribution is -2.46. The minimum absolute atomic E-state index is 0.464. The molecule has 8 saturated heterocycles. The van der Waals surface area contributed by atoms with Crippen LogP contribution in [0.25, 0.3) is 6.08 Å². The smallest absolute Gasteiger partial charge is 0.154 e. The molecule has 0 aliphatic carbocycles. The Kier molecular flexibility index (Phi) is 34.0. The predicted octanol–water partition coefficient (Wildman–Crippen LogP) is 13.3. The van der Waals surface area contributed by atoms with E-state index in [9.17, 15) is 0 Å². The van der Waals surface area contributed by atoms with Gasteiger partial charge in [0.15, 0.2) is 5.76 Å². The Bertz CT molecular complexity index is 3670. The van der Waals surface area contributed by atoms with Crippen LogP contribution in [0.15, 0.2) is 170 Å². The molecule has 22 heteroatoms. The zero-order valence-electron chi connectivity index (χ0n) is 61.2. The molecule has 8 aliphatic rings. The molecule has 8 fully saturated rings. The van der Waals surface area contributed by atoms with E-state index in [0.717, 1.165) is 85.1 Å². The van der Waals surface area contributed by atoms with Crippen LogP contribution < -0.4 is 35.5 Å². The molecule has 20 nitrogen and oxygen atoms in total. The number of terminal acetylenes is 1. The minimum atomic E-state index is 0.464. The van der Waals surface area contributed by atoms with Gasteiger partial charge in [-0.05, 0) is 261 Å². The van der Waals surface area contributed by atoms with Gasteiger partial charge in [-0.25, -0.2) is 9.97 Å². The summed E-state index contributed by atoms with van der Waals surface area (Å²) >= 11 is 11.4. The molecule has 0 amide bonds. The van der Waals surface area contributed by atoms with Gasteiger partial charge >= 0.3 is 0 Å². The number of rotatable bonds is 17. The fraction of sp³-hybridized carbons (Fsp3) is 0.481. The maximum Gasteiger partial charge on any atom is 0.154 e. The number of aryl methyl sites for hydroxylation is 1. The summed E-state index contributed by atoms with van der Waals surface area (Å²) in [7, 11) is 10.6. The van der Waals surface area contributed by atoms with Crippen LogP contribution in [0.1, 0.15) is 153 Å². The van der Waals surface area contributed by atoms with Gasteiger partial charge in [-0.2, -0.15) is 0 Å². The second-order valence-corrected chi connectivity index (χ2v) is 28.2. The quantitative estimate of drug-likeness (QED) is 0.0380. The van der Waals surface area contributed by atoms with Crippen LogP contribution in [-0.2, 0) is 0 Å². The molecular weight excluding hydrogens is 1330 g/mol. The second-order valence-electron chi connectivity index (χ2n) is 27.4. The van der Waals surface area contributed by atoms with Gasteiger partial charge in [-0.15, -0.1) is 6.42 Å². The maximum atomic E-state index is 5.77. The molecule has 16 heterocycles. The third-order valence-corrected chi connectivity index (χ3v) is 20.2. The Labute approximate surface area is 622 Å². The van der Waals surface area contributed by atoms with Crippen LogP contribution >= 0.6 is 23.2 Å². The highest BCUT2D eigenvalue weighted by Gasteiger charge is 2.40. The maximum absolute atomic E-state index is 5.77. The van der Waals surface area contributed by atoms with E-state index in [4.69, 9.17) is 48.4 Å². The van der Waals surface area contributed by atoms with Crippen molar-refractivity contribution in [1.29, 1.82) is 0 Å². The Morgan fingerprint density at radius 1 is 0.573 bits per heavy atom. The third kappa shape index (κ3) is 27.3. The molecule has 4 N–H and O–H groups in total. The Morgan fingerprint density at radius 3 is 1.60 bits per heavy atom. The van der Waals surface area contributed by atoms with Crippen molar-refractivity contribution in [1.82, 2.24) is 80.9 Å². The van der Waals surface area contributed by atoms with E-state index in [1.165, 1.54) is 126 Å². The summed E-state index contributed by atoms with van der Waals surface area (Å²) in [4.78, 5) is 37.8. The summed E-state index contributed by atoms with van der Waals surface area (Å²) in [6.45, 7) is 12.2. The third-order valence-electron chi connectivity index (χ3n) is 19.8. The summed E-state index contributed by atoms with van der Waals surface area (Å²) in [6, 6.07) is 32.1. The van der Waals surface area contributed by atoms with Crippen molar-refractivity contribution in [3.8, 4) is 29.6 Å². The van der Waals surface area contributed by atoms with Crippen molar-refractivity contribution < 1.29 is 18.7 Å². The first-order valence-electron chi connectivity index (χ1n) is 36.8. The van der Waals surface area contributed by atoms with Crippen molar-refractivity contribution in [3.05, 3.63) is 215 Å². The summed E-state index contributed by atoms with van der Waals surface area (Å²) in [6.07, 6.45) is 48.7. The van der Waals surface area contributed by atoms with Crippen LogP contribution in [0.5, 0.6) is 17.2 Å². The van der Waals surface area contributed by atoms with Gasteiger partial charge in [-0.3, -0.25) is 39.6 Å². The molecule has 0 saturated carbocycles. The average molecular weight is 1440 g/mol. The molecule has 550 valence electrons. The topological polar surface area (TPSA) is 205 Å². The standard InChI is InChI=1S/C12H14N2.C11H13ClN2.C11H16N2O.2C10H14N2.C9H11ClN2O.C9H14N2O.C9H12N2O/c1-3-10-7-11(9-13-8-10)12-5-4-6-14(12)2;12-11-4-1-7(6-13-11)9-5-8-2-3-10(9)14-8;1-13-7-3-4-10(13)9-14-11-5-2-6-12-8-11;1-12-7-3-5-10(12)9-4-2-6-11-8-9;1-11-7-3-2-5-10-6-4-8-12-9-10;10-9-2-1-8(5-12-9)13-6-7-3-4-11-7;1-7-6-9(12-10-7)8-4-3-5-11(8)2;1-2-9(6-10-4-1)12-7-8-3-5-11-8/h1,7-9,12H,4-6H2,2H3;1,4,6,8-10,14H,2-3,5H2;2,5-6,8,10H,3-4,7,9H2,1H3;2,4,6,8,10H,3,5,7H2,1H3;2,4-6,8-9,11H,3,7H2,1H3;1-2,5,7,11H,3-4,6H2;6,8H,3-5H2,1-2H3;1-2,4,6,8,11H,3,5,7H2/b;;;;5-2+;;;/t12-;;2*10-;;7-;2*8-/m0.00.100/s1. The monoisotopic (exact) mass is 1440 g/mol. The van der Waals surface area contributed by atoms with Gasteiger partial charge < -0.3 is 44.9 Å². The SMILES string of the molecule is C#Cc1cncc([C@@H]2CCCN2C)c1.CN1CCC[C@H]1COc1cccnc1.CN1CCC[C@H]1c1cccnc1.CNCC/C=C/c1cccnc1.Cc1cc([C@@H]2CCCN2C)on1.Clc1ccc(C2CC3CCC2N3)cn1.Clc1ccc(OC[C@H]2CCN2)cn1.c1cncc(OC[C@@H]2CCN2)c1. The van der Waals surface area contributed by atoms with Crippen molar-refractivity contribution in [3.63, 3.8) is 0 Å². The number of hydrogen-bond donors (Lipinski definition) is 4. The van der Waals surface area contributed by atoms with E-state index in [-0.39, 0.29) is 0 Å². The van der Waals surface area contributed by atoms with E-state index in [0.29, 0.717) is 65.1 Å². The number of likely N-dealkylation sites (tertiary alicyclic amines) is 4. The fourth-order valence-corrected chi connectivity index (χ4v) is 13.8.